The van der Waals surface area contributed by atoms with Crippen LogP contribution >= 0.6 is 0 Å². The van der Waals surface area contributed by atoms with E-state index < -0.39 is 0 Å². The van der Waals surface area contributed by atoms with Gasteiger partial charge in [-0.1, -0.05) is 39.8 Å². The van der Waals surface area contributed by atoms with Crippen LogP contribution in [0.25, 0.3) is 0 Å². The SMILES string of the molecule is CC.CC.Cc1cccc2c1CC(=O)N2. The van der Waals surface area contributed by atoms with Crippen molar-refractivity contribution < 1.29 is 4.79 Å². The number of hydrogen-bond donors (Lipinski definition) is 1. The summed E-state index contributed by atoms with van der Waals surface area (Å²) in [5.74, 6) is 0.106. The lowest BCUT2D eigenvalue weighted by atomic mass is 10.1. The molecule has 1 N–H and O–H groups in total. The number of hydrogen-bond acceptors (Lipinski definition) is 1. The summed E-state index contributed by atoms with van der Waals surface area (Å²) in [5, 5.41) is 2.80. The fourth-order valence-electron chi connectivity index (χ4n) is 1.41. The lowest BCUT2D eigenvalue weighted by Gasteiger charge is -1.99. The third-order valence-electron chi connectivity index (χ3n) is 2.02. The minimum atomic E-state index is 0.106. The fraction of sp³-hybridized carbons (Fsp3) is 0.462. The van der Waals surface area contributed by atoms with Crippen molar-refractivity contribution in [3.63, 3.8) is 0 Å². The predicted molar refractivity (Wildman–Crippen MR) is 66.2 cm³/mol. The molecule has 0 saturated carbocycles. The Kier molecular flexibility index (Phi) is 6.43. The molecule has 2 rings (SSSR count). The minimum absolute atomic E-state index is 0.106. The lowest BCUT2D eigenvalue weighted by Crippen LogP contribution is -2.03. The molecular formula is C13H21NO. The van der Waals surface area contributed by atoms with Gasteiger partial charge in [-0.2, -0.15) is 0 Å². The Bertz CT molecular complexity index is 318. The first kappa shape index (κ1) is 13.7. The molecule has 0 fully saturated rings. The van der Waals surface area contributed by atoms with E-state index >= 15 is 0 Å². The molecule has 0 radical (unpaired) electrons. The monoisotopic (exact) mass is 207 g/mol. The van der Waals surface area contributed by atoms with Crippen molar-refractivity contribution in [1.82, 2.24) is 0 Å². The molecule has 1 aliphatic heterocycles. The number of anilines is 1. The molecule has 0 aliphatic carbocycles. The number of benzene rings is 1. The van der Waals surface area contributed by atoms with Crippen molar-refractivity contribution in [3.05, 3.63) is 29.3 Å². The summed E-state index contributed by atoms with van der Waals surface area (Å²) in [6.45, 7) is 10.0. The van der Waals surface area contributed by atoms with Crippen LogP contribution in [-0.4, -0.2) is 5.91 Å². The summed E-state index contributed by atoms with van der Waals surface area (Å²) >= 11 is 0. The Morgan fingerprint density at radius 2 is 1.73 bits per heavy atom. The Hall–Kier alpha value is -1.31. The molecular weight excluding hydrogens is 186 g/mol. The van der Waals surface area contributed by atoms with Gasteiger partial charge in [0.25, 0.3) is 0 Å². The first-order chi connectivity index (χ1) is 7.27. The smallest absolute Gasteiger partial charge is 0.228 e. The summed E-state index contributed by atoms with van der Waals surface area (Å²) in [6, 6.07) is 5.92. The zero-order chi connectivity index (χ0) is 11.8. The summed E-state index contributed by atoms with van der Waals surface area (Å²) < 4.78 is 0. The molecule has 0 unspecified atom stereocenters. The molecule has 1 aromatic carbocycles. The van der Waals surface area contributed by atoms with Gasteiger partial charge in [0.15, 0.2) is 0 Å². The number of aryl methyl sites for hydroxylation is 1. The molecule has 84 valence electrons. The lowest BCUT2D eigenvalue weighted by molar-refractivity contribution is -0.115. The van der Waals surface area contributed by atoms with E-state index in [-0.39, 0.29) is 5.91 Å². The van der Waals surface area contributed by atoms with Crippen LogP contribution in [-0.2, 0) is 11.2 Å². The minimum Gasteiger partial charge on any atom is -0.326 e. The van der Waals surface area contributed by atoms with Crippen LogP contribution in [0, 0.1) is 6.92 Å². The molecule has 0 atom stereocenters. The Morgan fingerprint density at radius 1 is 1.13 bits per heavy atom. The van der Waals surface area contributed by atoms with E-state index in [1.54, 1.807) is 0 Å². The quantitative estimate of drug-likeness (QED) is 0.692. The zero-order valence-corrected chi connectivity index (χ0v) is 10.3. The number of nitrogens with one attached hydrogen (secondary N) is 1. The Labute approximate surface area is 92.7 Å². The van der Waals surface area contributed by atoms with E-state index in [4.69, 9.17) is 0 Å². The van der Waals surface area contributed by atoms with Gasteiger partial charge in [0.2, 0.25) is 5.91 Å². The van der Waals surface area contributed by atoms with Gasteiger partial charge in [0.05, 0.1) is 6.42 Å². The summed E-state index contributed by atoms with van der Waals surface area (Å²) in [5.41, 5.74) is 3.33. The normalized spacial score (nSPS) is 11.4. The highest BCUT2D eigenvalue weighted by atomic mass is 16.1. The van der Waals surface area contributed by atoms with Crippen molar-refractivity contribution >= 4 is 11.6 Å². The molecule has 1 heterocycles. The van der Waals surface area contributed by atoms with E-state index in [1.165, 1.54) is 5.56 Å². The maximum atomic E-state index is 10.9. The molecule has 0 saturated heterocycles. The molecule has 0 spiro atoms. The number of carbonyl (C=O) groups excluding carboxylic acids is 1. The van der Waals surface area contributed by atoms with E-state index in [0.29, 0.717) is 6.42 Å². The van der Waals surface area contributed by atoms with Crippen LogP contribution in [0.5, 0.6) is 0 Å². The largest absolute Gasteiger partial charge is 0.326 e. The van der Waals surface area contributed by atoms with Crippen molar-refractivity contribution in [2.75, 3.05) is 5.32 Å². The standard InChI is InChI=1S/C9H9NO.2C2H6/c1-6-3-2-4-8-7(6)5-9(11)10-8;2*1-2/h2-4H,5H2,1H3,(H,10,11);2*1-2H3. The second-order valence-electron chi connectivity index (χ2n) is 2.83. The van der Waals surface area contributed by atoms with Crippen LogP contribution in [0.2, 0.25) is 0 Å². The Balaban J connectivity index is 0.000000442. The van der Waals surface area contributed by atoms with Gasteiger partial charge < -0.3 is 5.32 Å². The molecule has 2 nitrogen and oxygen atoms in total. The third-order valence-corrected chi connectivity index (χ3v) is 2.02. The number of carbonyl (C=O) groups is 1. The molecule has 2 heteroatoms. The van der Waals surface area contributed by atoms with Crippen LogP contribution < -0.4 is 5.32 Å². The van der Waals surface area contributed by atoms with Gasteiger partial charge in [-0.15, -0.1) is 0 Å². The van der Waals surface area contributed by atoms with Gasteiger partial charge in [-0.05, 0) is 24.1 Å². The van der Waals surface area contributed by atoms with Crippen molar-refractivity contribution in [2.45, 2.75) is 41.0 Å². The number of rotatable bonds is 0. The number of amides is 1. The maximum Gasteiger partial charge on any atom is 0.228 e. The van der Waals surface area contributed by atoms with Gasteiger partial charge in [0.1, 0.15) is 0 Å². The summed E-state index contributed by atoms with van der Waals surface area (Å²) in [4.78, 5) is 10.9. The summed E-state index contributed by atoms with van der Waals surface area (Å²) in [6.07, 6.45) is 0.544. The molecule has 1 aromatic rings. The number of fused-ring (bicyclic) bond motifs is 1. The van der Waals surface area contributed by atoms with Crippen LogP contribution in [0.3, 0.4) is 0 Å². The molecule has 1 aliphatic rings. The third kappa shape index (κ3) is 3.39. The molecule has 0 aromatic heterocycles. The average molecular weight is 207 g/mol. The van der Waals surface area contributed by atoms with E-state index in [2.05, 4.69) is 5.32 Å². The molecule has 15 heavy (non-hydrogen) atoms. The maximum absolute atomic E-state index is 10.9. The Morgan fingerprint density at radius 3 is 2.27 bits per heavy atom. The predicted octanol–water partition coefficient (Wildman–Crippen LogP) is 3.54. The van der Waals surface area contributed by atoms with Crippen LogP contribution in [0.15, 0.2) is 18.2 Å². The van der Waals surface area contributed by atoms with Crippen molar-refractivity contribution in [1.29, 1.82) is 0 Å². The average Bonchev–Trinajstić information content (AvgIpc) is 2.66. The van der Waals surface area contributed by atoms with Crippen molar-refractivity contribution in [2.24, 2.45) is 0 Å². The van der Waals surface area contributed by atoms with Crippen LogP contribution in [0.1, 0.15) is 38.8 Å². The van der Waals surface area contributed by atoms with Gasteiger partial charge >= 0.3 is 0 Å². The first-order valence-electron chi connectivity index (χ1n) is 5.66. The second-order valence-corrected chi connectivity index (χ2v) is 2.83. The first-order valence-corrected chi connectivity index (χ1v) is 5.66. The van der Waals surface area contributed by atoms with Gasteiger partial charge in [-0.25, -0.2) is 0 Å². The van der Waals surface area contributed by atoms with Gasteiger partial charge in [0, 0.05) is 5.69 Å². The van der Waals surface area contributed by atoms with Crippen LogP contribution in [0.4, 0.5) is 5.69 Å². The second kappa shape index (κ2) is 7.04. The van der Waals surface area contributed by atoms with E-state index in [9.17, 15) is 4.79 Å². The van der Waals surface area contributed by atoms with E-state index in [1.807, 2.05) is 52.8 Å². The van der Waals surface area contributed by atoms with Crippen molar-refractivity contribution in [3.8, 4) is 0 Å². The molecule has 1 amide bonds. The molecule has 0 bridgehead atoms. The highest BCUT2D eigenvalue weighted by Crippen LogP contribution is 2.24. The van der Waals surface area contributed by atoms with E-state index in [0.717, 1.165) is 11.3 Å². The highest BCUT2D eigenvalue weighted by molar-refractivity contribution is 5.99. The van der Waals surface area contributed by atoms with Gasteiger partial charge in [-0.3, -0.25) is 4.79 Å². The summed E-state index contributed by atoms with van der Waals surface area (Å²) in [7, 11) is 0. The zero-order valence-electron chi connectivity index (χ0n) is 10.3. The topological polar surface area (TPSA) is 29.1 Å². The fourth-order valence-corrected chi connectivity index (χ4v) is 1.41. The highest BCUT2D eigenvalue weighted by Gasteiger charge is 2.17.